The maximum Gasteiger partial charge on any atom is 0.390 e. The Labute approximate surface area is 146 Å². The van der Waals surface area contributed by atoms with E-state index in [2.05, 4.69) is 10.2 Å². The summed E-state index contributed by atoms with van der Waals surface area (Å²) >= 11 is 0. The second kappa shape index (κ2) is 7.74. The quantitative estimate of drug-likeness (QED) is 0.852. The molecule has 2 aliphatic rings. The highest BCUT2D eigenvalue weighted by atomic mass is 19.4. The lowest BCUT2D eigenvalue weighted by atomic mass is 10.1. The molecule has 0 spiro atoms. The molecular weight excluding hydrogens is 331 g/mol. The summed E-state index contributed by atoms with van der Waals surface area (Å²) < 4.78 is 36.8. The predicted octanol–water partition coefficient (Wildman–Crippen LogP) is 2.65. The molecule has 1 aromatic carbocycles. The molecular formula is C18H24F3N3O. The summed E-state index contributed by atoms with van der Waals surface area (Å²) in [6.45, 7) is 3.71. The third-order valence-corrected chi connectivity index (χ3v) is 4.71. The lowest BCUT2D eigenvalue weighted by Crippen LogP contribution is -2.46. The molecule has 1 aromatic rings. The summed E-state index contributed by atoms with van der Waals surface area (Å²) in [7, 11) is 0. The minimum absolute atomic E-state index is 0.0210. The van der Waals surface area contributed by atoms with E-state index in [9.17, 15) is 18.0 Å². The van der Waals surface area contributed by atoms with Crippen molar-refractivity contribution in [3.8, 4) is 0 Å². The van der Waals surface area contributed by atoms with E-state index in [0.29, 0.717) is 24.7 Å². The molecule has 1 aliphatic heterocycles. The Bertz CT molecular complexity index is 576. The van der Waals surface area contributed by atoms with Gasteiger partial charge in [-0.3, -0.25) is 9.69 Å². The number of hydrogen-bond donors (Lipinski definition) is 1. The Morgan fingerprint density at radius 1 is 1.04 bits per heavy atom. The van der Waals surface area contributed by atoms with Crippen LogP contribution in [-0.4, -0.2) is 60.6 Å². The fourth-order valence-electron chi connectivity index (χ4n) is 2.97. The van der Waals surface area contributed by atoms with Gasteiger partial charge in [0.2, 0.25) is 0 Å². The summed E-state index contributed by atoms with van der Waals surface area (Å²) in [6.07, 6.45) is -2.68. The smallest absolute Gasteiger partial charge is 0.349 e. The molecule has 1 saturated carbocycles. The molecule has 1 aliphatic carbocycles. The van der Waals surface area contributed by atoms with Crippen molar-refractivity contribution in [3.05, 3.63) is 35.4 Å². The third kappa shape index (κ3) is 6.01. The first-order valence-electron chi connectivity index (χ1n) is 8.80. The number of piperazine rings is 1. The molecule has 1 saturated heterocycles. The Hall–Kier alpha value is -1.60. The van der Waals surface area contributed by atoms with Crippen LogP contribution in [-0.2, 0) is 6.54 Å². The van der Waals surface area contributed by atoms with Crippen LogP contribution in [0.3, 0.4) is 0 Å². The van der Waals surface area contributed by atoms with Gasteiger partial charge in [-0.15, -0.1) is 0 Å². The van der Waals surface area contributed by atoms with E-state index in [1.165, 1.54) is 0 Å². The van der Waals surface area contributed by atoms with Gasteiger partial charge in [0, 0.05) is 50.9 Å². The van der Waals surface area contributed by atoms with Gasteiger partial charge in [0.05, 0.1) is 6.42 Å². The van der Waals surface area contributed by atoms with Crippen molar-refractivity contribution in [1.29, 1.82) is 0 Å². The number of amides is 1. The van der Waals surface area contributed by atoms with Crippen LogP contribution >= 0.6 is 0 Å². The Morgan fingerprint density at radius 3 is 2.20 bits per heavy atom. The van der Waals surface area contributed by atoms with Gasteiger partial charge in [0.25, 0.3) is 5.91 Å². The lowest BCUT2D eigenvalue weighted by Gasteiger charge is -2.34. The van der Waals surface area contributed by atoms with Crippen LogP contribution in [0.15, 0.2) is 24.3 Å². The second-order valence-electron chi connectivity index (χ2n) is 6.93. The Balaban J connectivity index is 1.41. The molecule has 2 fully saturated rings. The molecule has 3 rings (SSSR count). The minimum atomic E-state index is -4.08. The topological polar surface area (TPSA) is 35.6 Å². The number of nitrogens with zero attached hydrogens (tertiary/aromatic N) is 2. The molecule has 1 amide bonds. The normalized spacial score (nSPS) is 19.8. The van der Waals surface area contributed by atoms with Gasteiger partial charge in [-0.25, -0.2) is 0 Å². The fourth-order valence-corrected chi connectivity index (χ4v) is 2.97. The number of alkyl halides is 3. The molecule has 0 aromatic heterocycles. The monoisotopic (exact) mass is 355 g/mol. The van der Waals surface area contributed by atoms with Gasteiger partial charge in [0.15, 0.2) is 0 Å². The molecule has 4 nitrogen and oxygen atoms in total. The molecule has 1 N–H and O–H groups in total. The molecule has 0 atom stereocenters. The fraction of sp³-hybridized carbons (Fsp3) is 0.611. The van der Waals surface area contributed by atoms with Crippen molar-refractivity contribution in [1.82, 2.24) is 15.1 Å². The van der Waals surface area contributed by atoms with E-state index in [-0.39, 0.29) is 12.5 Å². The third-order valence-electron chi connectivity index (χ3n) is 4.71. The zero-order valence-corrected chi connectivity index (χ0v) is 14.2. The molecule has 138 valence electrons. The van der Waals surface area contributed by atoms with E-state index in [4.69, 9.17) is 0 Å². The summed E-state index contributed by atoms with van der Waals surface area (Å²) in [5.74, 6) is -0.0210. The maximum atomic E-state index is 12.3. The molecule has 0 radical (unpaired) electrons. The largest absolute Gasteiger partial charge is 0.390 e. The van der Waals surface area contributed by atoms with Crippen molar-refractivity contribution in [2.45, 2.75) is 38.0 Å². The summed E-state index contributed by atoms with van der Waals surface area (Å²) in [5, 5.41) is 2.96. The van der Waals surface area contributed by atoms with E-state index in [0.717, 1.165) is 38.0 Å². The number of hydrogen-bond acceptors (Lipinski definition) is 3. The summed E-state index contributed by atoms with van der Waals surface area (Å²) in [4.78, 5) is 16.1. The van der Waals surface area contributed by atoms with E-state index in [1.807, 2.05) is 29.2 Å². The SMILES string of the molecule is O=C(NC1CC1)c1ccc(CN2CCN(CCC(F)(F)F)CC2)cc1. The molecule has 7 heteroatoms. The van der Waals surface area contributed by atoms with Crippen molar-refractivity contribution in [3.63, 3.8) is 0 Å². The summed E-state index contributed by atoms with van der Waals surface area (Å²) in [5.41, 5.74) is 1.79. The van der Waals surface area contributed by atoms with Crippen molar-refractivity contribution < 1.29 is 18.0 Å². The average Bonchev–Trinajstić information content (AvgIpc) is 3.38. The predicted molar refractivity (Wildman–Crippen MR) is 89.3 cm³/mol. The van der Waals surface area contributed by atoms with Crippen molar-refractivity contribution >= 4 is 5.91 Å². The lowest BCUT2D eigenvalue weighted by molar-refractivity contribution is -0.138. The van der Waals surface area contributed by atoms with Gasteiger partial charge in [0.1, 0.15) is 0 Å². The van der Waals surface area contributed by atoms with Crippen LogP contribution in [0.1, 0.15) is 35.2 Å². The van der Waals surface area contributed by atoms with Gasteiger partial charge >= 0.3 is 6.18 Å². The first kappa shape index (κ1) is 18.2. The molecule has 0 unspecified atom stereocenters. The first-order valence-corrected chi connectivity index (χ1v) is 8.80. The number of carbonyl (C=O) groups is 1. The van der Waals surface area contributed by atoms with Gasteiger partial charge in [-0.1, -0.05) is 12.1 Å². The van der Waals surface area contributed by atoms with Gasteiger partial charge in [-0.05, 0) is 30.5 Å². The van der Waals surface area contributed by atoms with Crippen LogP contribution in [0.4, 0.5) is 13.2 Å². The average molecular weight is 355 g/mol. The minimum Gasteiger partial charge on any atom is -0.349 e. The number of carbonyl (C=O) groups excluding carboxylic acids is 1. The zero-order valence-electron chi connectivity index (χ0n) is 14.2. The van der Waals surface area contributed by atoms with Crippen LogP contribution in [0.2, 0.25) is 0 Å². The summed E-state index contributed by atoms with van der Waals surface area (Å²) in [6, 6.07) is 7.94. The highest BCUT2D eigenvalue weighted by Crippen LogP contribution is 2.21. The first-order chi connectivity index (χ1) is 11.9. The van der Waals surface area contributed by atoms with Crippen LogP contribution < -0.4 is 5.32 Å². The number of nitrogens with one attached hydrogen (secondary N) is 1. The van der Waals surface area contributed by atoms with Crippen molar-refractivity contribution in [2.75, 3.05) is 32.7 Å². The molecule has 25 heavy (non-hydrogen) atoms. The molecule has 0 bridgehead atoms. The number of benzene rings is 1. The van der Waals surface area contributed by atoms with Crippen LogP contribution in [0, 0.1) is 0 Å². The van der Waals surface area contributed by atoms with Gasteiger partial charge in [-0.2, -0.15) is 13.2 Å². The Kier molecular flexibility index (Phi) is 5.64. The van der Waals surface area contributed by atoms with E-state index < -0.39 is 12.6 Å². The van der Waals surface area contributed by atoms with Crippen LogP contribution in [0.5, 0.6) is 0 Å². The highest BCUT2D eigenvalue weighted by Gasteiger charge is 2.28. The molecule has 1 heterocycles. The van der Waals surface area contributed by atoms with Gasteiger partial charge < -0.3 is 10.2 Å². The second-order valence-corrected chi connectivity index (χ2v) is 6.93. The van der Waals surface area contributed by atoms with Crippen molar-refractivity contribution in [2.24, 2.45) is 0 Å². The Morgan fingerprint density at radius 2 is 1.64 bits per heavy atom. The maximum absolute atomic E-state index is 12.3. The standard InChI is InChI=1S/C18H24F3N3O/c19-18(20,21)7-8-23-9-11-24(12-10-23)13-14-1-3-15(4-2-14)17(25)22-16-5-6-16/h1-4,16H,5-13H2,(H,22,25). The van der Waals surface area contributed by atoms with E-state index in [1.54, 1.807) is 0 Å². The number of rotatable bonds is 6. The highest BCUT2D eigenvalue weighted by molar-refractivity contribution is 5.94. The zero-order chi connectivity index (χ0) is 17.9. The van der Waals surface area contributed by atoms with E-state index >= 15 is 0 Å². The number of halogens is 3. The van der Waals surface area contributed by atoms with Crippen LogP contribution in [0.25, 0.3) is 0 Å².